The van der Waals surface area contributed by atoms with Crippen LogP contribution in [0.1, 0.15) is 16.7 Å². The Morgan fingerprint density at radius 3 is 1.49 bits per heavy atom. The van der Waals surface area contributed by atoms with Gasteiger partial charge in [-0.2, -0.15) is 39.5 Å². The van der Waals surface area contributed by atoms with Crippen LogP contribution in [0, 0.1) is 0 Å². The van der Waals surface area contributed by atoms with Gasteiger partial charge in [0.2, 0.25) is 0 Å². The molecule has 0 bridgehead atoms. The van der Waals surface area contributed by atoms with Crippen molar-refractivity contribution in [3.8, 4) is 33.8 Å². The van der Waals surface area contributed by atoms with E-state index in [4.69, 9.17) is 9.97 Å². The lowest BCUT2D eigenvalue weighted by Gasteiger charge is -2.27. The number of nitrogens with zero attached hydrogens (tertiary/aromatic N) is 3. The van der Waals surface area contributed by atoms with Crippen molar-refractivity contribution in [1.82, 2.24) is 9.97 Å². The lowest BCUT2D eigenvalue weighted by atomic mass is 9.98. The Balaban J connectivity index is 1.43. The van der Waals surface area contributed by atoms with Crippen molar-refractivity contribution in [1.29, 1.82) is 0 Å². The van der Waals surface area contributed by atoms with Crippen molar-refractivity contribution >= 4 is 28.0 Å². The number of alkyl halides is 9. The molecule has 0 N–H and O–H groups in total. The van der Waals surface area contributed by atoms with Gasteiger partial charge in [-0.3, -0.25) is 0 Å². The first-order chi connectivity index (χ1) is 25.1. The summed E-state index contributed by atoms with van der Waals surface area (Å²) in [4.78, 5) is 11.2. The summed E-state index contributed by atoms with van der Waals surface area (Å²) in [6, 6.07) is 35.0. The summed E-state index contributed by atoms with van der Waals surface area (Å²) in [7, 11) is 0. The minimum absolute atomic E-state index is 0.0117. The van der Waals surface area contributed by atoms with E-state index in [1.165, 1.54) is 30.3 Å². The Kier molecular flexibility index (Phi) is 8.93. The van der Waals surface area contributed by atoms with Crippen LogP contribution in [0.4, 0.5) is 56.6 Å². The number of hydrogen-bond donors (Lipinski definition) is 0. The molecule has 0 saturated carbocycles. The molecule has 12 heteroatoms. The standard InChI is InChI=1S/C41H24F9N3/c42-39(43,44)29-14-16-32(17-15-29)53(33-13-7-12-27(22-33)28-20-30(40(45,46)47)23-31(21-28)41(48,49)50)34-18-19-36-35(24-34)37(25-8-3-1-4-9-25)52-38(51-36)26-10-5-2-6-11-26/h1-24H. The van der Waals surface area contributed by atoms with E-state index in [1.807, 2.05) is 60.7 Å². The quantitative estimate of drug-likeness (QED) is 0.160. The van der Waals surface area contributed by atoms with E-state index in [1.54, 1.807) is 29.2 Å². The molecule has 0 aliphatic heterocycles. The van der Waals surface area contributed by atoms with Gasteiger partial charge in [-0.25, -0.2) is 9.97 Å². The second kappa shape index (κ2) is 13.4. The summed E-state index contributed by atoms with van der Waals surface area (Å²) >= 11 is 0. The van der Waals surface area contributed by atoms with Crippen LogP contribution in [-0.4, -0.2) is 9.97 Å². The topological polar surface area (TPSA) is 29.0 Å². The minimum Gasteiger partial charge on any atom is -0.310 e. The number of anilines is 3. The second-order valence-electron chi connectivity index (χ2n) is 12.1. The largest absolute Gasteiger partial charge is 0.416 e. The zero-order valence-electron chi connectivity index (χ0n) is 27.1. The van der Waals surface area contributed by atoms with Gasteiger partial charge in [0, 0.05) is 33.6 Å². The van der Waals surface area contributed by atoms with Crippen LogP contribution in [0.25, 0.3) is 44.7 Å². The van der Waals surface area contributed by atoms with Gasteiger partial charge in [-0.05, 0) is 83.9 Å². The van der Waals surface area contributed by atoms with E-state index in [2.05, 4.69) is 0 Å². The molecule has 0 amide bonds. The number of rotatable bonds is 6. The summed E-state index contributed by atoms with van der Waals surface area (Å²) in [5.41, 5.74) is -0.709. The molecule has 266 valence electrons. The molecular weight excluding hydrogens is 705 g/mol. The highest BCUT2D eigenvalue weighted by atomic mass is 19.4. The Morgan fingerprint density at radius 1 is 0.377 bits per heavy atom. The fourth-order valence-corrected chi connectivity index (χ4v) is 5.98. The van der Waals surface area contributed by atoms with Gasteiger partial charge in [0.05, 0.1) is 27.9 Å². The summed E-state index contributed by atoms with van der Waals surface area (Å²) in [5, 5.41) is 0.578. The maximum Gasteiger partial charge on any atom is 0.416 e. The van der Waals surface area contributed by atoms with Gasteiger partial charge in [0.1, 0.15) is 0 Å². The third-order valence-corrected chi connectivity index (χ3v) is 8.49. The van der Waals surface area contributed by atoms with Crippen LogP contribution in [0.15, 0.2) is 146 Å². The highest BCUT2D eigenvalue weighted by molar-refractivity contribution is 5.97. The van der Waals surface area contributed by atoms with E-state index in [-0.39, 0.29) is 28.6 Å². The Bertz CT molecular complexity index is 2370. The van der Waals surface area contributed by atoms with Gasteiger partial charge in [0.15, 0.2) is 5.82 Å². The number of hydrogen-bond acceptors (Lipinski definition) is 3. The molecule has 53 heavy (non-hydrogen) atoms. The molecular formula is C41H24F9N3. The van der Waals surface area contributed by atoms with Crippen LogP contribution in [0.2, 0.25) is 0 Å². The molecule has 0 spiro atoms. The van der Waals surface area contributed by atoms with Crippen molar-refractivity contribution in [2.75, 3.05) is 4.90 Å². The first kappa shape index (κ1) is 35.2. The van der Waals surface area contributed by atoms with Gasteiger partial charge in [-0.1, -0.05) is 72.8 Å². The molecule has 7 aromatic rings. The average molecular weight is 730 g/mol. The molecule has 0 unspecified atom stereocenters. The third kappa shape index (κ3) is 7.43. The number of halogens is 9. The maximum absolute atomic E-state index is 13.8. The van der Waals surface area contributed by atoms with Crippen molar-refractivity contribution in [3.05, 3.63) is 162 Å². The molecule has 0 aliphatic rings. The average Bonchev–Trinajstić information content (AvgIpc) is 3.14. The molecule has 0 aliphatic carbocycles. The summed E-state index contributed by atoms with van der Waals surface area (Å²) < 4.78 is 123. The molecule has 6 aromatic carbocycles. The normalized spacial score (nSPS) is 12.2. The van der Waals surface area contributed by atoms with Crippen LogP contribution in [-0.2, 0) is 18.5 Å². The lowest BCUT2D eigenvalue weighted by Crippen LogP contribution is -2.12. The summed E-state index contributed by atoms with van der Waals surface area (Å²) in [5.74, 6) is 0.455. The first-order valence-corrected chi connectivity index (χ1v) is 16.0. The lowest BCUT2D eigenvalue weighted by molar-refractivity contribution is -0.143. The number of fused-ring (bicyclic) bond motifs is 1. The van der Waals surface area contributed by atoms with Crippen LogP contribution >= 0.6 is 0 Å². The SMILES string of the molecule is FC(F)(F)c1ccc(N(c2cccc(-c3cc(C(F)(F)F)cc(C(F)(F)F)c3)c2)c2ccc3nc(-c4ccccc4)nc(-c4ccccc4)c3c2)cc1. The van der Waals surface area contributed by atoms with Gasteiger partial charge in [0.25, 0.3) is 0 Å². The molecule has 0 radical (unpaired) electrons. The molecule has 0 atom stereocenters. The zero-order valence-corrected chi connectivity index (χ0v) is 27.1. The van der Waals surface area contributed by atoms with E-state index in [9.17, 15) is 39.5 Å². The Morgan fingerprint density at radius 2 is 0.906 bits per heavy atom. The summed E-state index contributed by atoms with van der Waals surface area (Å²) in [6.07, 6.45) is -14.8. The van der Waals surface area contributed by atoms with Crippen molar-refractivity contribution in [3.63, 3.8) is 0 Å². The smallest absolute Gasteiger partial charge is 0.310 e. The highest BCUT2D eigenvalue weighted by Gasteiger charge is 2.37. The minimum atomic E-state index is -5.07. The molecule has 7 rings (SSSR count). The van der Waals surface area contributed by atoms with Crippen LogP contribution in [0.5, 0.6) is 0 Å². The second-order valence-corrected chi connectivity index (χ2v) is 12.1. The van der Waals surface area contributed by atoms with E-state index in [0.717, 1.165) is 23.3 Å². The van der Waals surface area contributed by atoms with Crippen molar-refractivity contribution in [2.24, 2.45) is 0 Å². The van der Waals surface area contributed by atoms with E-state index >= 15 is 0 Å². The predicted molar refractivity (Wildman–Crippen MR) is 186 cm³/mol. The first-order valence-electron chi connectivity index (χ1n) is 16.0. The van der Waals surface area contributed by atoms with Gasteiger partial charge < -0.3 is 4.90 Å². The van der Waals surface area contributed by atoms with E-state index < -0.39 is 35.2 Å². The van der Waals surface area contributed by atoms with Gasteiger partial charge >= 0.3 is 18.5 Å². The predicted octanol–water partition coefficient (Wildman–Crippen LogP) is 13.2. The van der Waals surface area contributed by atoms with Crippen LogP contribution < -0.4 is 4.90 Å². The number of benzene rings is 6. The molecule has 1 heterocycles. The monoisotopic (exact) mass is 729 g/mol. The molecule has 0 saturated heterocycles. The van der Waals surface area contributed by atoms with E-state index in [0.29, 0.717) is 40.2 Å². The number of aromatic nitrogens is 2. The van der Waals surface area contributed by atoms with Crippen LogP contribution in [0.3, 0.4) is 0 Å². The Hall–Kier alpha value is -6.17. The fourth-order valence-electron chi connectivity index (χ4n) is 5.98. The Labute approximate surface area is 296 Å². The maximum atomic E-state index is 13.8. The van der Waals surface area contributed by atoms with Crippen molar-refractivity contribution < 1.29 is 39.5 Å². The van der Waals surface area contributed by atoms with Crippen molar-refractivity contribution in [2.45, 2.75) is 18.5 Å². The zero-order chi connectivity index (χ0) is 37.5. The highest BCUT2D eigenvalue weighted by Crippen LogP contribution is 2.43. The molecule has 1 aromatic heterocycles. The molecule has 0 fully saturated rings. The summed E-state index contributed by atoms with van der Waals surface area (Å²) in [6.45, 7) is 0. The third-order valence-electron chi connectivity index (χ3n) is 8.49. The van der Waals surface area contributed by atoms with Gasteiger partial charge in [-0.15, -0.1) is 0 Å². The fraction of sp³-hybridized carbons (Fsp3) is 0.0732. The molecule has 3 nitrogen and oxygen atoms in total.